The number of hydrogen-bond donors (Lipinski definition) is 3. The predicted molar refractivity (Wildman–Crippen MR) is 89.2 cm³/mol. The number of carbonyl (C=O) groups excluding carboxylic acids is 1. The van der Waals surface area contributed by atoms with Crippen LogP contribution in [0, 0.1) is 11.3 Å². The van der Waals surface area contributed by atoms with Gasteiger partial charge < -0.3 is 16.2 Å². The van der Waals surface area contributed by atoms with Crippen LogP contribution in [0.25, 0.3) is 0 Å². The number of nitrogens with zero attached hydrogens (tertiary/aromatic N) is 2. The van der Waals surface area contributed by atoms with E-state index in [0.29, 0.717) is 9.90 Å². The van der Waals surface area contributed by atoms with E-state index in [2.05, 4.69) is 16.4 Å². The van der Waals surface area contributed by atoms with Gasteiger partial charge in [0.15, 0.2) is 0 Å². The van der Waals surface area contributed by atoms with Gasteiger partial charge in [-0.05, 0) is 23.6 Å². The van der Waals surface area contributed by atoms with Crippen LogP contribution in [0.15, 0.2) is 22.5 Å². The molecule has 0 aromatic carbocycles. The van der Waals surface area contributed by atoms with Crippen molar-refractivity contribution in [2.24, 2.45) is 0 Å². The Morgan fingerprint density at radius 1 is 1.61 bits per heavy atom. The molecule has 0 saturated carbocycles. The van der Waals surface area contributed by atoms with Crippen molar-refractivity contribution in [3.63, 3.8) is 0 Å². The molecule has 0 fully saturated rings. The van der Waals surface area contributed by atoms with Gasteiger partial charge in [0.25, 0.3) is 5.91 Å². The molecule has 118 valence electrons. The number of nitrogen functional groups attached to an aromatic ring is 1. The number of thioether (sulfide) groups is 1. The van der Waals surface area contributed by atoms with E-state index in [-0.39, 0.29) is 22.5 Å². The summed E-state index contributed by atoms with van der Waals surface area (Å²) in [5.41, 5.74) is 4.67. The van der Waals surface area contributed by atoms with Crippen LogP contribution in [0.3, 0.4) is 0 Å². The van der Waals surface area contributed by atoms with Crippen molar-refractivity contribution in [3.05, 3.63) is 39.1 Å². The van der Waals surface area contributed by atoms with Gasteiger partial charge >= 0.3 is 0 Å². The molecule has 2 aromatic rings. The third-order valence-electron chi connectivity index (χ3n) is 3.51. The minimum atomic E-state index is -1.75. The maximum Gasteiger partial charge on any atom is 0.258 e. The minimum absolute atomic E-state index is 0.0302. The summed E-state index contributed by atoms with van der Waals surface area (Å²) in [6.45, 7) is 2.02. The monoisotopic (exact) mass is 346 g/mol. The molecule has 1 amide bonds. The van der Waals surface area contributed by atoms with Gasteiger partial charge in [-0.25, -0.2) is 4.98 Å². The lowest BCUT2D eigenvalue weighted by Gasteiger charge is -2.23. The van der Waals surface area contributed by atoms with E-state index in [9.17, 15) is 15.2 Å². The molecule has 23 heavy (non-hydrogen) atoms. The number of nitriles is 1. The molecule has 1 unspecified atom stereocenters. The summed E-state index contributed by atoms with van der Waals surface area (Å²) in [7, 11) is 0. The van der Waals surface area contributed by atoms with E-state index in [1.54, 1.807) is 17.5 Å². The number of aromatic nitrogens is 1. The van der Waals surface area contributed by atoms with Crippen LogP contribution in [-0.4, -0.2) is 21.8 Å². The first kappa shape index (κ1) is 15.8. The van der Waals surface area contributed by atoms with Gasteiger partial charge in [0.1, 0.15) is 16.9 Å². The van der Waals surface area contributed by atoms with Gasteiger partial charge in [-0.15, -0.1) is 23.1 Å². The van der Waals surface area contributed by atoms with Crippen molar-refractivity contribution < 1.29 is 9.90 Å². The summed E-state index contributed by atoms with van der Waals surface area (Å²) in [6.07, 6.45) is 0.903. The number of amides is 1. The predicted octanol–water partition coefficient (Wildman–Crippen LogP) is 2.04. The first-order chi connectivity index (χ1) is 11.0. The first-order valence-electron chi connectivity index (χ1n) is 6.98. The van der Waals surface area contributed by atoms with E-state index in [1.165, 1.54) is 23.1 Å². The maximum atomic E-state index is 12.3. The summed E-state index contributed by atoms with van der Waals surface area (Å²) in [4.78, 5) is 17.0. The van der Waals surface area contributed by atoms with Crippen LogP contribution in [0.1, 0.15) is 39.7 Å². The molecule has 0 aliphatic carbocycles. The number of pyridine rings is 1. The zero-order valence-electron chi connectivity index (χ0n) is 12.3. The topological polar surface area (TPSA) is 112 Å². The van der Waals surface area contributed by atoms with Crippen LogP contribution in [0.2, 0.25) is 0 Å². The zero-order chi connectivity index (χ0) is 16.6. The summed E-state index contributed by atoms with van der Waals surface area (Å²) >= 11 is 2.68. The molecule has 2 aromatic heterocycles. The number of aliphatic hydroxyl groups is 1. The Bertz CT molecular complexity index is 814. The first-order valence-corrected chi connectivity index (χ1v) is 8.85. The average Bonchev–Trinajstić information content (AvgIpc) is 3.14. The largest absolute Gasteiger partial charge is 0.383 e. The number of thiophene rings is 1. The van der Waals surface area contributed by atoms with Crippen molar-refractivity contribution in [1.29, 1.82) is 5.26 Å². The van der Waals surface area contributed by atoms with Gasteiger partial charge in [0.2, 0.25) is 5.72 Å². The highest BCUT2D eigenvalue weighted by Crippen LogP contribution is 2.43. The molecule has 6 nitrogen and oxygen atoms in total. The molecule has 1 atom stereocenters. The molecule has 0 spiro atoms. The number of fused-ring (bicyclic) bond motifs is 1. The summed E-state index contributed by atoms with van der Waals surface area (Å²) in [5.74, 6) is 0.269. The molecule has 0 bridgehead atoms. The second-order valence-electron chi connectivity index (χ2n) is 5.03. The molecule has 0 saturated heterocycles. The van der Waals surface area contributed by atoms with Crippen molar-refractivity contribution in [2.45, 2.75) is 24.1 Å². The van der Waals surface area contributed by atoms with Gasteiger partial charge in [-0.1, -0.05) is 13.0 Å². The lowest BCUT2D eigenvalue weighted by Crippen LogP contribution is -2.39. The highest BCUT2D eigenvalue weighted by atomic mass is 32.2. The lowest BCUT2D eigenvalue weighted by molar-refractivity contribution is 0.0499. The highest BCUT2D eigenvalue weighted by Gasteiger charge is 2.48. The summed E-state index contributed by atoms with van der Waals surface area (Å²) < 4.78 is 0. The maximum absolute atomic E-state index is 12.3. The Morgan fingerprint density at radius 2 is 2.39 bits per heavy atom. The van der Waals surface area contributed by atoms with E-state index < -0.39 is 11.6 Å². The van der Waals surface area contributed by atoms with E-state index in [4.69, 9.17) is 5.73 Å². The number of carbonyl (C=O) groups is 1. The Morgan fingerprint density at radius 3 is 3.00 bits per heavy atom. The molecule has 4 N–H and O–H groups in total. The SMILES string of the molecule is CCCSc1nc(N)c2c(c1C#N)C(O)(c1cccs1)NC2=O. The standard InChI is InChI=1S/C15H14N4O2S2/c1-2-5-23-14-8(7-16)11-10(12(17)18-14)13(20)19-15(11,21)9-4-3-6-22-9/h3-4,6,21H,2,5H2,1H3,(H2,17,18)(H,19,20). The fourth-order valence-electron chi connectivity index (χ4n) is 2.54. The van der Waals surface area contributed by atoms with Crippen LogP contribution in [0.5, 0.6) is 0 Å². The second kappa shape index (κ2) is 5.85. The van der Waals surface area contributed by atoms with E-state index in [1.807, 2.05) is 6.92 Å². The Balaban J connectivity index is 2.28. The van der Waals surface area contributed by atoms with Crippen LogP contribution in [0.4, 0.5) is 5.82 Å². The van der Waals surface area contributed by atoms with Crippen LogP contribution >= 0.6 is 23.1 Å². The Labute approximate surface area is 141 Å². The average molecular weight is 346 g/mol. The van der Waals surface area contributed by atoms with Crippen molar-refractivity contribution in [3.8, 4) is 6.07 Å². The minimum Gasteiger partial charge on any atom is -0.383 e. The third kappa shape index (κ3) is 2.37. The van der Waals surface area contributed by atoms with Gasteiger partial charge in [-0.3, -0.25) is 4.79 Å². The van der Waals surface area contributed by atoms with Gasteiger partial charge in [0, 0.05) is 5.56 Å². The normalized spacial score (nSPS) is 19.3. The third-order valence-corrected chi connectivity index (χ3v) is 5.67. The Kier molecular flexibility index (Phi) is 4.02. The summed E-state index contributed by atoms with van der Waals surface area (Å²) in [6, 6.07) is 5.56. The molecule has 1 aliphatic rings. The number of nitrogens with one attached hydrogen (secondary N) is 1. The van der Waals surface area contributed by atoms with Crippen LogP contribution < -0.4 is 11.1 Å². The van der Waals surface area contributed by atoms with Crippen molar-refractivity contribution in [2.75, 3.05) is 11.5 Å². The van der Waals surface area contributed by atoms with E-state index >= 15 is 0 Å². The Hall–Kier alpha value is -2.08. The molecule has 8 heteroatoms. The van der Waals surface area contributed by atoms with Crippen molar-refractivity contribution >= 4 is 34.8 Å². The quantitative estimate of drug-likeness (QED) is 0.730. The number of rotatable bonds is 4. The molecule has 0 radical (unpaired) electrons. The number of nitrogens with two attached hydrogens (primary N) is 1. The smallest absolute Gasteiger partial charge is 0.258 e. The molecular formula is C15H14N4O2S2. The highest BCUT2D eigenvalue weighted by molar-refractivity contribution is 7.99. The molecular weight excluding hydrogens is 332 g/mol. The van der Waals surface area contributed by atoms with Crippen LogP contribution in [-0.2, 0) is 5.72 Å². The fourth-order valence-corrected chi connectivity index (χ4v) is 4.18. The summed E-state index contributed by atoms with van der Waals surface area (Å²) in [5, 5.41) is 25.5. The second-order valence-corrected chi connectivity index (χ2v) is 7.06. The number of anilines is 1. The van der Waals surface area contributed by atoms with Gasteiger partial charge in [-0.2, -0.15) is 5.26 Å². The lowest BCUT2D eigenvalue weighted by atomic mass is 9.96. The molecule has 3 rings (SSSR count). The van der Waals surface area contributed by atoms with E-state index in [0.717, 1.165) is 12.2 Å². The van der Waals surface area contributed by atoms with Gasteiger partial charge in [0.05, 0.1) is 16.0 Å². The molecule has 1 aliphatic heterocycles. The zero-order valence-corrected chi connectivity index (χ0v) is 13.9. The van der Waals surface area contributed by atoms with Crippen molar-refractivity contribution in [1.82, 2.24) is 10.3 Å². The number of hydrogen-bond acceptors (Lipinski definition) is 7. The molecule has 3 heterocycles. The fraction of sp³-hybridized carbons (Fsp3) is 0.267.